The number of nitrogens with one attached hydrogen (secondary N) is 1. The second kappa shape index (κ2) is 5.28. The van der Waals surface area contributed by atoms with E-state index in [0.717, 1.165) is 0 Å². The molecule has 3 N–H and O–H groups in total. The van der Waals surface area contributed by atoms with Gasteiger partial charge >= 0.3 is 0 Å². The van der Waals surface area contributed by atoms with E-state index in [0.29, 0.717) is 29.3 Å². The molecule has 1 aliphatic heterocycles. The van der Waals surface area contributed by atoms with Gasteiger partial charge in [0.15, 0.2) is 0 Å². The Morgan fingerprint density at radius 3 is 2.68 bits per heavy atom. The Morgan fingerprint density at radius 2 is 2.16 bits per heavy atom. The van der Waals surface area contributed by atoms with Crippen LogP contribution in [0.4, 0.5) is 5.69 Å². The van der Waals surface area contributed by atoms with E-state index in [2.05, 4.69) is 4.72 Å². The average Bonchev–Trinajstić information content (AvgIpc) is 2.70. The molecule has 1 fully saturated rings. The molecule has 1 heterocycles. The van der Waals surface area contributed by atoms with Gasteiger partial charge < -0.3 is 10.5 Å². The monoisotopic (exact) mass is 304 g/mol. The zero-order valence-corrected chi connectivity index (χ0v) is 12.4. The van der Waals surface area contributed by atoms with Crippen molar-refractivity contribution in [3.8, 4) is 0 Å². The van der Waals surface area contributed by atoms with E-state index >= 15 is 0 Å². The van der Waals surface area contributed by atoms with Gasteiger partial charge in [0.2, 0.25) is 10.0 Å². The molecule has 2 rings (SSSR count). The molecule has 19 heavy (non-hydrogen) atoms. The van der Waals surface area contributed by atoms with Gasteiger partial charge in [-0.05, 0) is 38.0 Å². The molecule has 1 saturated heterocycles. The third-order valence-electron chi connectivity index (χ3n) is 3.35. The predicted molar refractivity (Wildman–Crippen MR) is 74.7 cm³/mol. The van der Waals surface area contributed by atoms with Crippen LogP contribution in [0.3, 0.4) is 0 Å². The lowest BCUT2D eigenvalue weighted by molar-refractivity contribution is 0.117. The summed E-state index contributed by atoms with van der Waals surface area (Å²) in [6.07, 6.45) is 0.531. The standard InChI is InChI=1S/C12H17ClN2O3S/c1-7-10(13)5-9(6-11(7)14)19(16,17)15-12-3-4-18-8(12)2/h5-6,8,12,15H,3-4,14H2,1-2H3. The number of anilines is 1. The van der Waals surface area contributed by atoms with Crippen LogP contribution in [0.25, 0.3) is 0 Å². The number of nitrogen functional groups attached to an aromatic ring is 1. The number of sulfonamides is 1. The molecule has 7 heteroatoms. The Labute approximate surface area is 118 Å². The zero-order valence-electron chi connectivity index (χ0n) is 10.8. The number of nitrogens with two attached hydrogens (primary N) is 1. The van der Waals surface area contributed by atoms with Gasteiger partial charge in [-0.1, -0.05) is 11.6 Å². The molecule has 0 aliphatic carbocycles. The first-order chi connectivity index (χ1) is 8.81. The first-order valence-electron chi connectivity index (χ1n) is 6.01. The lowest BCUT2D eigenvalue weighted by atomic mass is 10.2. The first kappa shape index (κ1) is 14.6. The third-order valence-corrected chi connectivity index (χ3v) is 5.21. The fourth-order valence-electron chi connectivity index (χ4n) is 1.98. The molecular formula is C12H17ClN2O3S. The Kier molecular flexibility index (Phi) is 4.06. The number of hydrogen-bond donors (Lipinski definition) is 2. The van der Waals surface area contributed by atoms with E-state index in [1.54, 1.807) is 6.92 Å². The minimum Gasteiger partial charge on any atom is -0.398 e. The lowest BCUT2D eigenvalue weighted by Crippen LogP contribution is -2.39. The van der Waals surface area contributed by atoms with Crippen molar-refractivity contribution in [2.75, 3.05) is 12.3 Å². The molecule has 0 saturated carbocycles. The van der Waals surface area contributed by atoms with Gasteiger partial charge in [0, 0.05) is 17.3 Å². The Balaban J connectivity index is 2.29. The van der Waals surface area contributed by atoms with Gasteiger partial charge in [0.1, 0.15) is 0 Å². The van der Waals surface area contributed by atoms with Crippen molar-refractivity contribution in [3.05, 3.63) is 22.7 Å². The maximum absolute atomic E-state index is 12.3. The second-order valence-electron chi connectivity index (χ2n) is 4.71. The largest absolute Gasteiger partial charge is 0.398 e. The number of hydrogen-bond acceptors (Lipinski definition) is 4. The highest BCUT2D eigenvalue weighted by atomic mass is 35.5. The summed E-state index contributed by atoms with van der Waals surface area (Å²) in [6, 6.07) is 2.62. The molecule has 0 bridgehead atoms. The van der Waals surface area contributed by atoms with Crippen LogP contribution in [0.5, 0.6) is 0 Å². The average molecular weight is 305 g/mol. The molecular weight excluding hydrogens is 288 g/mol. The number of benzene rings is 1. The van der Waals surface area contributed by atoms with Crippen LogP contribution >= 0.6 is 11.6 Å². The molecule has 0 amide bonds. The second-order valence-corrected chi connectivity index (χ2v) is 6.83. The molecule has 0 aromatic heterocycles. The first-order valence-corrected chi connectivity index (χ1v) is 7.87. The van der Waals surface area contributed by atoms with Crippen molar-refractivity contribution < 1.29 is 13.2 Å². The van der Waals surface area contributed by atoms with Crippen LogP contribution in [0, 0.1) is 6.92 Å². The fraction of sp³-hybridized carbons (Fsp3) is 0.500. The van der Waals surface area contributed by atoms with Gasteiger partial charge in [-0.15, -0.1) is 0 Å². The topological polar surface area (TPSA) is 81.4 Å². The normalized spacial score (nSPS) is 23.7. The van der Waals surface area contributed by atoms with E-state index in [1.165, 1.54) is 12.1 Å². The van der Waals surface area contributed by atoms with Crippen molar-refractivity contribution in [1.82, 2.24) is 4.72 Å². The minimum atomic E-state index is -3.63. The summed E-state index contributed by atoms with van der Waals surface area (Å²) in [4.78, 5) is 0.0831. The highest BCUT2D eigenvalue weighted by molar-refractivity contribution is 7.89. The van der Waals surface area contributed by atoms with Crippen LogP contribution in [-0.2, 0) is 14.8 Å². The zero-order chi connectivity index (χ0) is 14.2. The van der Waals surface area contributed by atoms with Crippen molar-refractivity contribution >= 4 is 27.3 Å². The summed E-state index contributed by atoms with van der Waals surface area (Å²) in [6.45, 7) is 4.15. The summed E-state index contributed by atoms with van der Waals surface area (Å²) >= 11 is 5.97. The molecule has 1 aromatic carbocycles. The Morgan fingerprint density at radius 1 is 1.47 bits per heavy atom. The molecule has 0 radical (unpaired) electrons. The van der Waals surface area contributed by atoms with Crippen LogP contribution in [0.15, 0.2) is 17.0 Å². The Hall–Kier alpha value is -0.820. The molecule has 5 nitrogen and oxygen atoms in total. The highest BCUT2D eigenvalue weighted by Gasteiger charge is 2.29. The van der Waals surface area contributed by atoms with E-state index in [-0.39, 0.29) is 17.0 Å². The highest BCUT2D eigenvalue weighted by Crippen LogP contribution is 2.26. The van der Waals surface area contributed by atoms with Crippen molar-refractivity contribution in [3.63, 3.8) is 0 Å². The van der Waals surface area contributed by atoms with Crippen LogP contribution in [-0.4, -0.2) is 27.2 Å². The summed E-state index contributed by atoms with van der Waals surface area (Å²) in [5.41, 5.74) is 6.80. The number of halogens is 1. The SMILES string of the molecule is Cc1c(N)cc(S(=O)(=O)NC2CCOC2C)cc1Cl. The van der Waals surface area contributed by atoms with Crippen LogP contribution in [0.1, 0.15) is 18.9 Å². The van der Waals surface area contributed by atoms with Gasteiger partial charge in [-0.2, -0.15) is 0 Å². The van der Waals surface area contributed by atoms with E-state index < -0.39 is 10.0 Å². The van der Waals surface area contributed by atoms with Crippen LogP contribution < -0.4 is 10.5 Å². The van der Waals surface area contributed by atoms with Gasteiger partial charge in [0.25, 0.3) is 0 Å². The number of rotatable bonds is 3. The minimum absolute atomic E-state index is 0.0831. The van der Waals surface area contributed by atoms with Gasteiger partial charge in [-0.3, -0.25) is 0 Å². The smallest absolute Gasteiger partial charge is 0.241 e. The summed E-state index contributed by atoms with van der Waals surface area (Å²) in [5, 5.41) is 0.344. The summed E-state index contributed by atoms with van der Waals surface area (Å²) in [7, 11) is -3.63. The van der Waals surface area contributed by atoms with Crippen molar-refractivity contribution in [2.45, 2.75) is 37.3 Å². The molecule has 1 aromatic rings. The molecule has 1 aliphatic rings. The molecule has 2 unspecified atom stereocenters. The van der Waals surface area contributed by atoms with Gasteiger partial charge in [0.05, 0.1) is 17.0 Å². The predicted octanol–water partition coefficient (Wildman–Crippen LogP) is 1.69. The van der Waals surface area contributed by atoms with Crippen molar-refractivity contribution in [2.24, 2.45) is 0 Å². The summed E-state index contributed by atoms with van der Waals surface area (Å²) < 4.78 is 32.5. The summed E-state index contributed by atoms with van der Waals surface area (Å²) in [5.74, 6) is 0. The lowest BCUT2D eigenvalue weighted by Gasteiger charge is -2.17. The number of ether oxygens (including phenoxy) is 1. The maximum atomic E-state index is 12.3. The maximum Gasteiger partial charge on any atom is 0.241 e. The Bertz CT molecular complexity index is 566. The fourth-order valence-corrected chi connectivity index (χ4v) is 3.67. The van der Waals surface area contributed by atoms with E-state index in [1.807, 2.05) is 6.92 Å². The van der Waals surface area contributed by atoms with Crippen LogP contribution in [0.2, 0.25) is 5.02 Å². The molecule has 106 valence electrons. The van der Waals surface area contributed by atoms with Crippen molar-refractivity contribution in [1.29, 1.82) is 0 Å². The van der Waals surface area contributed by atoms with E-state index in [9.17, 15) is 8.42 Å². The van der Waals surface area contributed by atoms with Gasteiger partial charge in [-0.25, -0.2) is 13.1 Å². The molecule has 2 atom stereocenters. The van der Waals surface area contributed by atoms with E-state index in [4.69, 9.17) is 22.1 Å². The quantitative estimate of drug-likeness (QED) is 0.833. The third kappa shape index (κ3) is 3.02. The molecule has 0 spiro atoms.